The summed E-state index contributed by atoms with van der Waals surface area (Å²) >= 11 is 0. The van der Waals surface area contributed by atoms with Gasteiger partial charge >= 0.3 is 6.09 Å². The Morgan fingerprint density at radius 1 is 0.716 bits per heavy atom. The molecule has 0 fully saturated rings. The molecule has 3 heterocycles. The molecule has 2 aromatic carbocycles. The Balaban J connectivity index is 1.24. The highest BCUT2D eigenvalue weighted by Crippen LogP contribution is 2.45. The van der Waals surface area contributed by atoms with E-state index in [0.29, 0.717) is 54.8 Å². The maximum atomic E-state index is 14.0. The second kappa shape index (κ2) is 26.6. The minimum atomic E-state index is -4.19. The third-order valence-corrected chi connectivity index (χ3v) is 16.1. The van der Waals surface area contributed by atoms with Gasteiger partial charge in [-0.25, -0.2) is 32.9 Å². The summed E-state index contributed by atoms with van der Waals surface area (Å²) in [6.07, 6.45) is 2.65. The number of hydrogen-bond donors (Lipinski definition) is 9. The van der Waals surface area contributed by atoms with Gasteiger partial charge in [-0.15, -0.1) is 0 Å². The molecule has 2 aliphatic rings. The third kappa shape index (κ3) is 16.9. The largest absolute Gasteiger partial charge is 0.487 e. The Morgan fingerprint density at radius 3 is 1.91 bits per heavy atom. The molecule has 24 heteroatoms. The van der Waals surface area contributed by atoms with Crippen molar-refractivity contribution >= 4 is 63.1 Å². The number of fused-ring (bicyclic) bond motifs is 2. The van der Waals surface area contributed by atoms with E-state index in [4.69, 9.17) is 37.1 Å². The number of sulfonamides is 1. The van der Waals surface area contributed by atoms with Gasteiger partial charge in [0.25, 0.3) is 15.9 Å². The zero-order valence-electron chi connectivity index (χ0n) is 49.9. The van der Waals surface area contributed by atoms with Crippen molar-refractivity contribution in [3.05, 3.63) is 61.5 Å². The lowest BCUT2D eigenvalue weighted by Crippen LogP contribution is -2.42. The maximum absolute atomic E-state index is 14.0. The van der Waals surface area contributed by atoms with Crippen LogP contribution in [0.2, 0.25) is 0 Å². The van der Waals surface area contributed by atoms with Gasteiger partial charge < -0.3 is 58.4 Å². The highest BCUT2D eigenvalue weighted by atomic mass is 32.2. The van der Waals surface area contributed by atoms with Crippen LogP contribution >= 0.6 is 0 Å². The second-order valence-corrected chi connectivity index (χ2v) is 25.0. The zero-order chi connectivity index (χ0) is 60.5. The highest BCUT2D eigenvalue weighted by Gasteiger charge is 2.38. The summed E-state index contributed by atoms with van der Waals surface area (Å²) < 4.78 is 47.6. The number of unbranched alkanes of at least 4 members (excludes halogenated alkanes) is 1. The van der Waals surface area contributed by atoms with Crippen LogP contribution in [-0.4, -0.2) is 109 Å². The number of ether oxygens (including phenoxy) is 3. The summed E-state index contributed by atoms with van der Waals surface area (Å²) in [4.78, 5) is 84.5. The molecule has 81 heavy (non-hydrogen) atoms. The molecule has 0 radical (unpaired) electrons. The molecule has 0 unspecified atom stereocenters. The van der Waals surface area contributed by atoms with Crippen molar-refractivity contribution in [2.75, 3.05) is 37.6 Å². The van der Waals surface area contributed by atoms with Crippen LogP contribution in [0.3, 0.4) is 0 Å². The molecular weight excluding hydrogens is 1060 g/mol. The number of ketones is 2. The number of carbonyl (C=O) groups excluding carboxylic acids is 5. The summed E-state index contributed by atoms with van der Waals surface area (Å²) in [5.41, 5.74) is 30.9. The van der Waals surface area contributed by atoms with Gasteiger partial charge in [-0.3, -0.25) is 24.2 Å². The van der Waals surface area contributed by atoms with Crippen molar-refractivity contribution in [3.8, 4) is 11.5 Å². The number of anilines is 2. The number of nitrogen functional groups attached to an aromatic ring is 2. The number of alkyl carbamates (subject to hydrolysis) is 1. The first-order valence-electron chi connectivity index (χ1n) is 27.7. The van der Waals surface area contributed by atoms with E-state index in [1.54, 1.807) is 34.6 Å². The first-order chi connectivity index (χ1) is 37.7. The predicted molar refractivity (Wildman–Crippen MR) is 313 cm³/mol. The third-order valence-electron chi connectivity index (χ3n) is 14.5. The molecule has 2 atom stereocenters. The fourth-order valence-electron chi connectivity index (χ4n) is 10.1. The lowest BCUT2D eigenvalue weighted by molar-refractivity contribution is -0.125. The fraction of sp³-hybridized carbons (Fsp3) is 0.596. The fourth-order valence-corrected chi connectivity index (χ4v) is 11.6. The van der Waals surface area contributed by atoms with Gasteiger partial charge in [0.05, 0.1) is 17.5 Å². The number of rotatable bonds is 25. The normalized spacial score (nSPS) is 15.3. The van der Waals surface area contributed by atoms with Crippen molar-refractivity contribution < 1.29 is 46.6 Å². The van der Waals surface area contributed by atoms with Crippen LogP contribution in [-0.2, 0) is 43.7 Å². The Kier molecular flexibility index (Phi) is 21.2. The summed E-state index contributed by atoms with van der Waals surface area (Å²) in [7, 11) is -4.19. The minimum absolute atomic E-state index is 0.00523. The van der Waals surface area contributed by atoms with Crippen LogP contribution in [0.4, 0.5) is 16.4 Å². The second-order valence-electron chi connectivity index (χ2n) is 23.4. The zero-order valence-corrected chi connectivity index (χ0v) is 50.7. The lowest BCUT2D eigenvalue weighted by Gasteiger charge is -2.20. The molecule has 23 nitrogen and oxygen atoms in total. The molecule has 2 aliphatic heterocycles. The summed E-state index contributed by atoms with van der Waals surface area (Å²) in [6, 6.07) is -0.928. The van der Waals surface area contributed by atoms with E-state index in [9.17, 15) is 32.4 Å². The molecule has 446 valence electrons. The Hall–Kier alpha value is -7.24. The number of Topliss-reactive ketones (excluding diaryl/α,β-unsaturated/α-hetero) is 2. The number of benzene rings is 2. The molecule has 3 amide bonds. The van der Waals surface area contributed by atoms with Gasteiger partial charge in [-0.1, -0.05) is 13.3 Å². The topological polar surface area (TPSA) is 362 Å². The smallest absolute Gasteiger partial charge is 0.407 e. The standard InChI is InChI=1S/C57H87N13O10S/c1-15-16-21-41(71)40(20-18-23-63-52(60)66-29-39-30(2)31(3)45-37(34(39)6)27-56(11,12)78-45)67-51(74)44-49(59)68-43(48(58)69-44)42(72)26-36(50(73)62-24-25-65-54(75)80-55(8,9)10)19-17-22-64-53(61)70-81(76,77)47-33(5)32(4)46-38(35(47)7)28-57(13,14)79-46/h36,40H,15-29H2,1-14H3,(H2,58,69)(H2,59,68)(H,62,73)(H,65,75)(H,67,74)(H3,60,63,66)(H3,61,64,70)/t36-,40+/m1/s1. The minimum Gasteiger partial charge on any atom is -0.487 e. The van der Waals surface area contributed by atoms with Crippen molar-refractivity contribution in [1.29, 1.82) is 0 Å². The number of nitrogens with zero attached hydrogens (tertiary/aromatic N) is 4. The van der Waals surface area contributed by atoms with Crippen molar-refractivity contribution in [2.24, 2.45) is 27.4 Å². The summed E-state index contributed by atoms with van der Waals surface area (Å²) in [6.45, 7) is 27.2. The molecule has 3 aromatic rings. The van der Waals surface area contributed by atoms with E-state index in [1.165, 1.54) is 5.56 Å². The molecule has 1 aromatic heterocycles. The average Bonchev–Trinajstić information content (AvgIpc) is 4.00. The van der Waals surface area contributed by atoms with Crippen molar-refractivity contribution in [1.82, 2.24) is 36.0 Å². The van der Waals surface area contributed by atoms with E-state index < -0.39 is 80.6 Å². The number of nitrogens with two attached hydrogens (primary N) is 4. The van der Waals surface area contributed by atoms with Crippen molar-refractivity contribution in [2.45, 2.75) is 195 Å². The van der Waals surface area contributed by atoms with Gasteiger partial charge in [0.15, 0.2) is 40.5 Å². The molecule has 0 saturated carbocycles. The molecule has 0 saturated heterocycles. The van der Waals surface area contributed by atoms with E-state index in [-0.39, 0.29) is 79.2 Å². The monoisotopic (exact) mass is 1150 g/mol. The van der Waals surface area contributed by atoms with E-state index in [0.717, 1.165) is 46.4 Å². The maximum Gasteiger partial charge on any atom is 0.407 e. The number of amides is 3. The summed E-state index contributed by atoms with van der Waals surface area (Å²) in [5.74, 6) is -2.72. The van der Waals surface area contributed by atoms with Crippen LogP contribution in [0.15, 0.2) is 14.9 Å². The number of aromatic nitrogens is 2. The number of nitrogens with one attached hydrogen (secondary N) is 5. The van der Waals surface area contributed by atoms with Crippen molar-refractivity contribution in [3.63, 3.8) is 0 Å². The molecule has 0 aliphatic carbocycles. The van der Waals surface area contributed by atoms with Gasteiger partial charge in [-0.05, 0) is 161 Å². The van der Waals surface area contributed by atoms with E-state index >= 15 is 0 Å². The number of carbonyl (C=O) groups is 5. The Morgan fingerprint density at radius 2 is 1.30 bits per heavy atom. The number of hydrogen-bond acceptors (Lipinski definition) is 16. The SMILES string of the molecule is CCCCC(=O)[C@H](CCCNC(N)=NCc1c(C)c(C)c2c(c1C)CC(C)(C)O2)NC(=O)c1nc(N)c(C(=O)C[C@@H](CCCN=C(N)NS(=O)(=O)c2c(C)c(C)c3c(c2C)CC(C)(C)O3)C(=O)NCCNC(=O)OC(C)(C)C)nc1N. The van der Waals surface area contributed by atoms with Gasteiger partial charge in [0.1, 0.15) is 28.3 Å². The molecule has 13 N–H and O–H groups in total. The van der Waals surface area contributed by atoms with E-state index in [1.807, 2.05) is 27.7 Å². The van der Waals surface area contributed by atoms with Crippen LogP contribution in [0.25, 0.3) is 0 Å². The predicted octanol–water partition coefficient (Wildman–Crippen LogP) is 5.56. The van der Waals surface area contributed by atoms with Crippen LogP contribution in [0.5, 0.6) is 11.5 Å². The molecule has 5 rings (SSSR count). The quantitative estimate of drug-likeness (QED) is 0.0217. The first kappa shape index (κ1) is 64.6. The van der Waals surface area contributed by atoms with Crippen LogP contribution in [0.1, 0.15) is 178 Å². The number of guanidine groups is 2. The number of aliphatic imine (C=N–C) groups is 2. The molecular formula is C57H87N13O10S. The van der Waals surface area contributed by atoms with Crippen LogP contribution < -0.4 is 58.4 Å². The van der Waals surface area contributed by atoms with E-state index in [2.05, 4.69) is 80.6 Å². The molecule has 0 spiro atoms. The van der Waals surface area contributed by atoms with Gasteiger partial charge in [-0.2, -0.15) is 0 Å². The highest BCUT2D eigenvalue weighted by molar-refractivity contribution is 7.90. The van der Waals surface area contributed by atoms with Crippen LogP contribution in [0, 0.1) is 47.5 Å². The van der Waals surface area contributed by atoms with Gasteiger partial charge in [0, 0.05) is 68.9 Å². The molecule has 0 bridgehead atoms. The first-order valence-corrected chi connectivity index (χ1v) is 29.2. The summed E-state index contributed by atoms with van der Waals surface area (Å²) in [5, 5.41) is 11.1. The lowest BCUT2D eigenvalue weighted by atomic mass is 9.89. The average molecular weight is 1150 g/mol. The van der Waals surface area contributed by atoms with Gasteiger partial charge in [0.2, 0.25) is 11.9 Å². The Bertz CT molecular complexity index is 3070. The Labute approximate surface area is 477 Å².